The third kappa shape index (κ3) is 2.84. The fourth-order valence-corrected chi connectivity index (χ4v) is 2.13. The minimum absolute atomic E-state index is 0.290. The molecule has 1 aliphatic carbocycles. The van der Waals surface area contributed by atoms with Crippen LogP contribution in [-0.2, 0) is 0 Å². The molecule has 0 spiro atoms. The van der Waals surface area contributed by atoms with Gasteiger partial charge in [-0.3, -0.25) is 5.01 Å². The Morgan fingerprint density at radius 3 is 2.67 bits per heavy atom. The molecule has 6 heteroatoms. The Hall–Kier alpha value is -1.95. The first-order valence-corrected chi connectivity index (χ1v) is 6.04. The maximum Gasteiger partial charge on any atom is 0.142 e. The van der Waals surface area contributed by atoms with E-state index in [1.807, 2.05) is 12.1 Å². The van der Waals surface area contributed by atoms with E-state index in [1.54, 1.807) is 6.07 Å². The van der Waals surface area contributed by atoms with Gasteiger partial charge in [0.2, 0.25) is 0 Å². The summed E-state index contributed by atoms with van der Waals surface area (Å²) >= 11 is 0. The number of anilines is 2. The van der Waals surface area contributed by atoms with Crippen molar-refractivity contribution in [1.82, 2.24) is 0 Å². The number of hydrazine groups is 1. The van der Waals surface area contributed by atoms with Crippen molar-refractivity contribution in [3.05, 3.63) is 18.2 Å². The van der Waals surface area contributed by atoms with Crippen LogP contribution < -0.4 is 27.2 Å². The molecule has 0 bridgehead atoms. The van der Waals surface area contributed by atoms with Crippen molar-refractivity contribution in [1.29, 1.82) is 0 Å². The molecule has 2 rings (SSSR count). The lowest BCUT2D eigenvalue weighted by Gasteiger charge is -2.17. The van der Waals surface area contributed by atoms with Crippen molar-refractivity contribution < 1.29 is 4.74 Å². The van der Waals surface area contributed by atoms with Crippen LogP contribution in [-0.4, -0.2) is 12.4 Å². The van der Waals surface area contributed by atoms with Crippen molar-refractivity contribution >= 4 is 17.7 Å². The van der Waals surface area contributed by atoms with Crippen molar-refractivity contribution in [2.24, 2.45) is 16.8 Å². The molecule has 0 heterocycles. The van der Waals surface area contributed by atoms with Gasteiger partial charge in [-0.25, -0.2) is 5.84 Å². The Balaban J connectivity index is 2.09. The lowest BCUT2D eigenvalue weighted by molar-refractivity contribution is 0.211. The Morgan fingerprint density at radius 1 is 1.33 bits per heavy atom. The van der Waals surface area contributed by atoms with Crippen molar-refractivity contribution in [3.8, 4) is 5.75 Å². The molecule has 1 aromatic rings. The van der Waals surface area contributed by atoms with E-state index in [1.165, 1.54) is 24.2 Å². The molecule has 0 unspecified atom stereocenters. The van der Waals surface area contributed by atoms with Gasteiger partial charge in [-0.05, 0) is 43.9 Å². The molecule has 1 saturated carbocycles. The predicted molar refractivity (Wildman–Crippen MR) is 73.1 cm³/mol. The van der Waals surface area contributed by atoms with Gasteiger partial charge < -0.3 is 16.3 Å². The second-order valence-corrected chi connectivity index (χ2v) is 4.42. The third-order valence-electron chi connectivity index (χ3n) is 3.08. The lowest BCUT2D eigenvalue weighted by Crippen LogP contribution is -2.29. The molecule has 0 saturated heterocycles. The number of ether oxygens (including phenoxy) is 1. The Bertz CT molecular complexity index is 428. The maximum absolute atomic E-state index is 5.95. The lowest BCUT2D eigenvalue weighted by atomic mass is 10.2. The van der Waals surface area contributed by atoms with E-state index in [0.717, 1.165) is 12.8 Å². The fourth-order valence-electron chi connectivity index (χ4n) is 2.13. The van der Waals surface area contributed by atoms with Gasteiger partial charge in [0.15, 0.2) is 0 Å². The number of rotatable bonds is 4. The highest BCUT2D eigenvalue weighted by Gasteiger charge is 2.17. The normalized spacial score (nSPS) is 16.3. The number of nitrogens with zero attached hydrogens (tertiary/aromatic N) is 2. The zero-order valence-corrected chi connectivity index (χ0v) is 10.2. The van der Waals surface area contributed by atoms with Gasteiger partial charge in [-0.15, -0.1) is 0 Å². The number of hydrogen-bond acceptors (Lipinski definition) is 5. The van der Waals surface area contributed by atoms with Crippen LogP contribution in [0.5, 0.6) is 5.75 Å². The molecular formula is C12H19N5O. The highest BCUT2D eigenvalue weighted by atomic mass is 16.5. The monoisotopic (exact) mass is 249 g/mol. The Kier molecular flexibility index (Phi) is 3.88. The largest absolute Gasteiger partial charge is 0.488 e. The van der Waals surface area contributed by atoms with Crippen LogP contribution >= 0.6 is 0 Å². The van der Waals surface area contributed by atoms with Crippen LogP contribution in [0, 0.1) is 0 Å². The van der Waals surface area contributed by atoms with Crippen LogP contribution in [0.2, 0.25) is 0 Å². The predicted octanol–water partition coefficient (Wildman–Crippen LogP) is 1.17. The second-order valence-electron chi connectivity index (χ2n) is 4.42. The fraction of sp³-hybridized carbons (Fsp3) is 0.417. The SMILES string of the molecule is N/N=C\N(N)c1ccc(OC2CCCC2)c(N)c1. The molecule has 98 valence electrons. The number of nitrogen functional groups attached to an aromatic ring is 1. The average molecular weight is 249 g/mol. The van der Waals surface area contributed by atoms with Crippen LogP contribution in [0.15, 0.2) is 23.3 Å². The van der Waals surface area contributed by atoms with Crippen LogP contribution in [0.3, 0.4) is 0 Å². The van der Waals surface area contributed by atoms with E-state index < -0.39 is 0 Å². The number of nitrogens with two attached hydrogens (primary N) is 3. The van der Waals surface area contributed by atoms with Gasteiger partial charge in [0.05, 0.1) is 17.5 Å². The summed E-state index contributed by atoms with van der Waals surface area (Å²) in [5.74, 6) is 11.4. The molecule has 6 nitrogen and oxygen atoms in total. The van der Waals surface area contributed by atoms with E-state index in [0.29, 0.717) is 17.1 Å². The maximum atomic E-state index is 5.95. The smallest absolute Gasteiger partial charge is 0.142 e. The topological polar surface area (TPSA) is 103 Å². The molecule has 1 aliphatic rings. The molecule has 0 radical (unpaired) electrons. The molecule has 0 atom stereocenters. The van der Waals surface area contributed by atoms with Gasteiger partial charge in [0.25, 0.3) is 0 Å². The summed E-state index contributed by atoms with van der Waals surface area (Å²) in [4.78, 5) is 0. The number of benzene rings is 1. The molecule has 0 amide bonds. The van der Waals surface area contributed by atoms with E-state index >= 15 is 0 Å². The Morgan fingerprint density at radius 2 is 2.06 bits per heavy atom. The van der Waals surface area contributed by atoms with Crippen molar-refractivity contribution in [3.63, 3.8) is 0 Å². The van der Waals surface area contributed by atoms with Gasteiger partial charge in [-0.1, -0.05) is 0 Å². The van der Waals surface area contributed by atoms with Crippen LogP contribution in [0.1, 0.15) is 25.7 Å². The van der Waals surface area contributed by atoms with Crippen LogP contribution in [0.4, 0.5) is 11.4 Å². The second kappa shape index (κ2) is 5.59. The van der Waals surface area contributed by atoms with Gasteiger partial charge in [0.1, 0.15) is 12.1 Å². The Labute approximate surface area is 106 Å². The highest BCUT2D eigenvalue weighted by molar-refractivity contribution is 5.79. The van der Waals surface area contributed by atoms with E-state index in [-0.39, 0.29) is 6.10 Å². The molecule has 1 fully saturated rings. The summed E-state index contributed by atoms with van der Waals surface area (Å²) in [6, 6.07) is 5.39. The first kappa shape index (κ1) is 12.5. The summed E-state index contributed by atoms with van der Waals surface area (Å²) in [5.41, 5.74) is 7.23. The van der Waals surface area contributed by atoms with Crippen LogP contribution in [0.25, 0.3) is 0 Å². The number of hydrogen-bond donors (Lipinski definition) is 3. The first-order valence-electron chi connectivity index (χ1n) is 6.04. The minimum Gasteiger partial charge on any atom is -0.488 e. The zero-order valence-electron chi connectivity index (χ0n) is 10.2. The first-order chi connectivity index (χ1) is 8.70. The number of hydrazone groups is 1. The summed E-state index contributed by atoms with van der Waals surface area (Å²) in [5, 5.41) is 4.65. The molecular weight excluding hydrogens is 230 g/mol. The molecule has 0 aliphatic heterocycles. The molecule has 18 heavy (non-hydrogen) atoms. The van der Waals surface area contributed by atoms with Gasteiger partial charge in [0, 0.05) is 0 Å². The summed E-state index contributed by atoms with van der Waals surface area (Å²) in [6.07, 6.45) is 6.26. The molecule has 0 aromatic heterocycles. The summed E-state index contributed by atoms with van der Waals surface area (Å²) in [6.45, 7) is 0. The summed E-state index contributed by atoms with van der Waals surface area (Å²) in [7, 11) is 0. The highest BCUT2D eigenvalue weighted by Crippen LogP contribution is 2.30. The van der Waals surface area contributed by atoms with Crippen molar-refractivity contribution in [2.75, 3.05) is 10.7 Å². The minimum atomic E-state index is 0.290. The van der Waals surface area contributed by atoms with E-state index in [4.69, 9.17) is 22.2 Å². The quantitative estimate of drug-likeness (QED) is 0.244. The van der Waals surface area contributed by atoms with Gasteiger partial charge in [-0.2, -0.15) is 5.10 Å². The molecule has 6 N–H and O–H groups in total. The average Bonchev–Trinajstić information content (AvgIpc) is 2.85. The molecule has 1 aromatic carbocycles. The summed E-state index contributed by atoms with van der Waals surface area (Å²) < 4.78 is 5.86. The van der Waals surface area contributed by atoms with E-state index in [9.17, 15) is 0 Å². The third-order valence-corrected chi connectivity index (χ3v) is 3.08. The zero-order chi connectivity index (χ0) is 13.0. The standard InChI is InChI=1S/C12H19N5O/c13-11-7-9(17(15)8-16-14)5-6-12(11)18-10-3-1-2-4-10/h5-8,10H,1-4,13-15H2/b16-8-. The van der Waals surface area contributed by atoms with Crippen molar-refractivity contribution in [2.45, 2.75) is 31.8 Å². The van der Waals surface area contributed by atoms with Gasteiger partial charge >= 0.3 is 0 Å². The van der Waals surface area contributed by atoms with E-state index in [2.05, 4.69) is 5.10 Å².